The van der Waals surface area contributed by atoms with Crippen molar-refractivity contribution in [2.24, 2.45) is 0 Å². The van der Waals surface area contributed by atoms with Crippen molar-refractivity contribution in [2.45, 2.75) is 18.9 Å². The number of alkyl halides is 2. The molecule has 1 rings (SSSR count). The average molecular weight is 419 g/mol. The Bertz CT molecular complexity index is 473. The second-order valence-electron chi connectivity index (χ2n) is 4.10. The van der Waals surface area contributed by atoms with Crippen molar-refractivity contribution < 1.29 is 13.6 Å². The maximum atomic E-state index is 13.6. The van der Waals surface area contributed by atoms with Crippen molar-refractivity contribution >= 4 is 49.4 Å². The van der Waals surface area contributed by atoms with Gasteiger partial charge in [0.25, 0.3) is 5.91 Å². The highest BCUT2D eigenvalue weighted by Gasteiger charge is 2.29. The summed E-state index contributed by atoms with van der Waals surface area (Å²) in [6, 6.07) is 1.59. The fourth-order valence-electron chi connectivity index (χ4n) is 1.38. The third-order valence-corrected chi connectivity index (χ3v) is 5.26. The van der Waals surface area contributed by atoms with Crippen LogP contribution in [0.25, 0.3) is 0 Å². The molecular weight excluding hydrogens is 407 g/mol. The quantitative estimate of drug-likeness (QED) is 0.560. The molecule has 0 bridgehead atoms. The van der Waals surface area contributed by atoms with Crippen LogP contribution >= 0.6 is 43.5 Å². The van der Waals surface area contributed by atoms with E-state index in [0.29, 0.717) is 17.1 Å². The zero-order valence-electron chi connectivity index (χ0n) is 10.1. The summed E-state index contributed by atoms with van der Waals surface area (Å²) in [6.45, 7) is 1.89. The molecule has 0 heterocycles. The van der Waals surface area contributed by atoms with Crippen LogP contribution < -0.4 is 5.32 Å². The molecule has 0 radical (unpaired) electrons. The summed E-state index contributed by atoms with van der Waals surface area (Å²) in [5.41, 5.74) is -0.916. The van der Waals surface area contributed by atoms with E-state index in [2.05, 4.69) is 37.2 Å². The van der Waals surface area contributed by atoms with E-state index in [1.165, 1.54) is 0 Å². The maximum Gasteiger partial charge on any atom is 0.254 e. The molecule has 0 unspecified atom stereocenters. The van der Waals surface area contributed by atoms with E-state index in [4.69, 9.17) is 11.6 Å². The van der Waals surface area contributed by atoms with Gasteiger partial charge in [-0.2, -0.15) is 0 Å². The molecule has 0 aliphatic heterocycles. The summed E-state index contributed by atoms with van der Waals surface area (Å²) in [5, 5.41) is 3.33. The molecule has 0 aliphatic rings. The zero-order valence-corrected chi connectivity index (χ0v) is 14.0. The molecule has 106 valence electrons. The first-order valence-corrected chi connectivity index (χ1v) is 8.10. The molecule has 19 heavy (non-hydrogen) atoms. The fraction of sp³-hybridized carbons (Fsp3) is 0.417. The van der Waals surface area contributed by atoms with Gasteiger partial charge in [0.1, 0.15) is 11.6 Å². The lowest BCUT2D eigenvalue weighted by Crippen LogP contribution is -2.51. The van der Waals surface area contributed by atoms with Gasteiger partial charge < -0.3 is 5.32 Å². The van der Waals surface area contributed by atoms with Gasteiger partial charge in [0.05, 0.1) is 16.1 Å². The molecule has 7 heteroatoms. The Morgan fingerprint density at radius 2 is 1.89 bits per heavy atom. The Morgan fingerprint density at radius 3 is 2.37 bits per heavy atom. The Hall–Kier alpha value is -0.200. The number of hydrogen-bond acceptors (Lipinski definition) is 1. The van der Waals surface area contributed by atoms with Gasteiger partial charge in [0, 0.05) is 10.7 Å². The highest BCUT2D eigenvalue weighted by Crippen LogP contribution is 2.22. The van der Waals surface area contributed by atoms with E-state index < -0.39 is 23.1 Å². The van der Waals surface area contributed by atoms with E-state index in [9.17, 15) is 13.6 Å². The number of carbonyl (C=O) groups is 1. The summed E-state index contributed by atoms with van der Waals surface area (Å²) in [6.07, 6.45) is 0.632. The van der Waals surface area contributed by atoms with Crippen LogP contribution in [0.5, 0.6) is 0 Å². The Morgan fingerprint density at radius 1 is 1.32 bits per heavy atom. The third kappa shape index (κ3) is 3.89. The molecule has 0 saturated carbocycles. The van der Waals surface area contributed by atoms with Gasteiger partial charge >= 0.3 is 0 Å². The maximum absolute atomic E-state index is 13.6. The molecule has 0 fully saturated rings. The monoisotopic (exact) mass is 417 g/mol. The number of amides is 1. The van der Waals surface area contributed by atoms with Gasteiger partial charge in [0.2, 0.25) is 0 Å². The molecule has 0 atom stereocenters. The largest absolute Gasteiger partial charge is 0.345 e. The van der Waals surface area contributed by atoms with Gasteiger partial charge in [-0.05, 0) is 18.6 Å². The SMILES string of the molecule is CCC(CBr)(CBr)NC(=O)c1cc(F)c(Cl)cc1F. The van der Waals surface area contributed by atoms with E-state index in [1.54, 1.807) is 0 Å². The number of benzene rings is 1. The second-order valence-corrected chi connectivity index (χ2v) is 5.63. The molecule has 2 nitrogen and oxygen atoms in total. The number of hydrogen-bond donors (Lipinski definition) is 1. The average Bonchev–Trinajstić information content (AvgIpc) is 2.40. The summed E-state index contributed by atoms with van der Waals surface area (Å²) in [4.78, 5) is 12.0. The minimum absolute atomic E-state index is 0.350. The van der Waals surface area contributed by atoms with Crippen molar-refractivity contribution in [1.82, 2.24) is 5.32 Å². The Labute approximate surface area is 132 Å². The molecule has 0 saturated heterocycles. The molecule has 0 spiro atoms. The van der Waals surface area contributed by atoms with Crippen LogP contribution in [0.2, 0.25) is 5.02 Å². The lowest BCUT2D eigenvalue weighted by Gasteiger charge is -2.30. The molecule has 0 aliphatic carbocycles. The molecule has 0 aromatic heterocycles. The van der Waals surface area contributed by atoms with Crippen molar-refractivity contribution in [3.63, 3.8) is 0 Å². The minimum Gasteiger partial charge on any atom is -0.345 e. The van der Waals surface area contributed by atoms with Gasteiger partial charge in [-0.25, -0.2) is 8.78 Å². The first-order valence-electron chi connectivity index (χ1n) is 5.48. The van der Waals surface area contributed by atoms with Crippen molar-refractivity contribution in [1.29, 1.82) is 0 Å². The smallest absolute Gasteiger partial charge is 0.254 e. The Balaban J connectivity index is 3.04. The summed E-state index contributed by atoms with van der Waals surface area (Å²) in [5.74, 6) is -2.35. The van der Waals surface area contributed by atoms with Crippen LogP contribution in [0.1, 0.15) is 23.7 Å². The third-order valence-electron chi connectivity index (χ3n) is 2.82. The number of carbonyl (C=O) groups excluding carboxylic acids is 1. The van der Waals surface area contributed by atoms with E-state index in [0.717, 1.165) is 12.1 Å². The highest BCUT2D eigenvalue weighted by atomic mass is 79.9. The minimum atomic E-state index is -0.849. The zero-order chi connectivity index (χ0) is 14.6. The van der Waals surface area contributed by atoms with Crippen LogP contribution in [-0.4, -0.2) is 22.1 Å². The number of halogens is 5. The van der Waals surface area contributed by atoms with Crippen LogP contribution in [0.4, 0.5) is 8.78 Å². The van der Waals surface area contributed by atoms with E-state index in [-0.39, 0.29) is 10.6 Å². The molecule has 1 aromatic carbocycles. The summed E-state index contributed by atoms with van der Waals surface area (Å²) >= 11 is 12.1. The van der Waals surface area contributed by atoms with Gasteiger partial charge in [-0.1, -0.05) is 50.4 Å². The Kier molecular flexibility index (Phi) is 6.20. The van der Waals surface area contributed by atoms with Gasteiger partial charge in [0.15, 0.2) is 0 Å². The number of nitrogens with one attached hydrogen (secondary N) is 1. The summed E-state index contributed by atoms with van der Waals surface area (Å²) < 4.78 is 26.9. The normalized spacial score (nSPS) is 11.5. The van der Waals surface area contributed by atoms with Gasteiger partial charge in [-0.3, -0.25) is 4.79 Å². The van der Waals surface area contributed by atoms with Crippen LogP contribution in [0.15, 0.2) is 12.1 Å². The van der Waals surface area contributed by atoms with Crippen molar-refractivity contribution in [3.05, 3.63) is 34.4 Å². The van der Waals surface area contributed by atoms with Crippen molar-refractivity contribution in [3.8, 4) is 0 Å². The first kappa shape index (κ1) is 16.9. The molecule has 1 amide bonds. The van der Waals surface area contributed by atoms with E-state index in [1.807, 2.05) is 6.92 Å². The van der Waals surface area contributed by atoms with E-state index >= 15 is 0 Å². The number of rotatable bonds is 5. The second kappa shape index (κ2) is 6.99. The predicted octanol–water partition coefficient (Wildman–Crippen LogP) is 4.29. The van der Waals surface area contributed by atoms with Crippen LogP contribution in [-0.2, 0) is 0 Å². The highest BCUT2D eigenvalue weighted by molar-refractivity contribution is 9.09. The summed E-state index contributed by atoms with van der Waals surface area (Å²) in [7, 11) is 0. The molecular formula is C12H12Br2ClF2NO. The molecule has 1 aromatic rings. The van der Waals surface area contributed by atoms with Crippen LogP contribution in [0, 0.1) is 11.6 Å². The van der Waals surface area contributed by atoms with Crippen molar-refractivity contribution in [2.75, 3.05) is 10.7 Å². The lowest BCUT2D eigenvalue weighted by atomic mass is 10.0. The predicted molar refractivity (Wildman–Crippen MR) is 79.4 cm³/mol. The first-order chi connectivity index (χ1) is 8.89. The standard InChI is InChI=1S/C12H12Br2ClF2NO/c1-2-12(5-13,6-14)18-11(19)7-3-10(17)8(15)4-9(7)16/h3-4H,2,5-6H2,1H3,(H,18,19). The lowest BCUT2D eigenvalue weighted by molar-refractivity contribution is 0.0911. The van der Waals surface area contributed by atoms with Gasteiger partial charge in [-0.15, -0.1) is 0 Å². The topological polar surface area (TPSA) is 29.1 Å². The van der Waals surface area contributed by atoms with Crippen LogP contribution in [0.3, 0.4) is 0 Å². The molecule has 1 N–H and O–H groups in total. The fourth-order valence-corrected chi connectivity index (χ4v) is 3.54.